The molecule has 5 nitrogen and oxygen atoms in total. The molecule has 0 aliphatic heterocycles. The Kier molecular flexibility index (Phi) is 3.19. The summed E-state index contributed by atoms with van der Waals surface area (Å²) in [5, 5.41) is 4.05. The molecule has 0 N–H and O–H groups in total. The van der Waals surface area contributed by atoms with Crippen LogP contribution in [0.4, 0.5) is 8.78 Å². The summed E-state index contributed by atoms with van der Waals surface area (Å²) in [7, 11) is 0. The molecule has 0 fully saturated rings. The van der Waals surface area contributed by atoms with Crippen molar-refractivity contribution in [3.63, 3.8) is 0 Å². The summed E-state index contributed by atoms with van der Waals surface area (Å²) in [6.07, 6.45) is 0. The standard InChI is InChI=1S/C17H8F2N2O3/c18-10-5-6-14-9(7-10)8-12(17(22)23-14)16-20-15(21-24-16)11-3-1-2-4-13(11)19/h1-8H. The molecule has 2 heterocycles. The third kappa shape index (κ3) is 2.36. The third-order valence-corrected chi connectivity index (χ3v) is 3.47. The van der Waals surface area contributed by atoms with E-state index in [0.717, 1.165) is 0 Å². The van der Waals surface area contributed by atoms with E-state index in [1.165, 1.54) is 42.5 Å². The maximum absolute atomic E-state index is 13.8. The van der Waals surface area contributed by atoms with E-state index in [9.17, 15) is 13.6 Å². The van der Waals surface area contributed by atoms with Crippen molar-refractivity contribution in [1.82, 2.24) is 10.1 Å². The molecular weight excluding hydrogens is 318 g/mol. The van der Waals surface area contributed by atoms with E-state index in [4.69, 9.17) is 8.94 Å². The molecule has 0 bridgehead atoms. The maximum atomic E-state index is 13.8. The lowest BCUT2D eigenvalue weighted by Crippen LogP contribution is -2.03. The maximum Gasteiger partial charge on any atom is 0.349 e. The predicted octanol–water partition coefficient (Wildman–Crippen LogP) is 3.79. The van der Waals surface area contributed by atoms with Gasteiger partial charge < -0.3 is 8.94 Å². The second-order valence-corrected chi connectivity index (χ2v) is 5.03. The molecule has 7 heteroatoms. The first-order valence-corrected chi connectivity index (χ1v) is 6.94. The molecule has 118 valence electrons. The molecule has 0 unspecified atom stereocenters. The average Bonchev–Trinajstić information content (AvgIpc) is 3.04. The van der Waals surface area contributed by atoms with Gasteiger partial charge in [0.2, 0.25) is 5.82 Å². The monoisotopic (exact) mass is 326 g/mol. The fourth-order valence-corrected chi connectivity index (χ4v) is 2.33. The van der Waals surface area contributed by atoms with Gasteiger partial charge in [-0.15, -0.1) is 0 Å². The Morgan fingerprint density at radius 1 is 0.958 bits per heavy atom. The summed E-state index contributed by atoms with van der Waals surface area (Å²) >= 11 is 0. The fourth-order valence-electron chi connectivity index (χ4n) is 2.33. The minimum Gasteiger partial charge on any atom is -0.422 e. The summed E-state index contributed by atoms with van der Waals surface area (Å²) in [6.45, 7) is 0. The van der Waals surface area contributed by atoms with E-state index >= 15 is 0 Å². The third-order valence-electron chi connectivity index (χ3n) is 3.47. The van der Waals surface area contributed by atoms with Crippen LogP contribution in [0.1, 0.15) is 0 Å². The van der Waals surface area contributed by atoms with Crippen LogP contribution in [-0.4, -0.2) is 10.1 Å². The molecule has 0 aliphatic carbocycles. The second kappa shape index (κ2) is 5.38. The summed E-state index contributed by atoms with van der Waals surface area (Å²) in [6, 6.07) is 11.1. The van der Waals surface area contributed by atoms with Gasteiger partial charge in [0.25, 0.3) is 5.89 Å². The van der Waals surface area contributed by atoms with E-state index < -0.39 is 17.3 Å². The van der Waals surface area contributed by atoms with Gasteiger partial charge in [0.15, 0.2) is 0 Å². The topological polar surface area (TPSA) is 69.1 Å². The lowest BCUT2D eigenvalue weighted by atomic mass is 10.2. The summed E-state index contributed by atoms with van der Waals surface area (Å²) in [5.74, 6) is -1.12. The fraction of sp³-hybridized carbons (Fsp3) is 0. The largest absolute Gasteiger partial charge is 0.422 e. The highest BCUT2D eigenvalue weighted by Gasteiger charge is 2.17. The SMILES string of the molecule is O=c1oc2ccc(F)cc2cc1-c1nc(-c2ccccc2F)no1. The number of hydrogen-bond donors (Lipinski definition) is 0. The molecule has 2 aromatic carbocycles. The Morgan fingerprint density at radius 2 is 1.79 bits per heavy atom. The number of rotatable bonds is 2. The van der Waals surface area contributed by atoms with Gasteiger partial charge in [-0.3, -0.25) is 0 Å². The zero-order valence-electron chi connectivity index (χ0n) is 12.0. The molecule has 0 saturated carbocycles. The zero-order valence-corrected chi connectivity index (χ0v) is 12.0. The normalized spacial score (nSPS) is 11.1. The van der Waals surface area contributed by atoms with Gasteiger partial charge in [-0.05, 0) is 36.4 Å². The molecule has 4 rings (SSSR count). The van der Waals surface area contributed by atoms with Crippen LogP contribution in [0, 0.1) is 11.6 Å². The van der Waals surface area contributed by atoms with Crippen LogP contribution in [-0.2, 0) is 0 Å². The van der Waals surface area contributed by atoms with Crippen LogP contribution in [0.25, 0.3) is 33.8 Å². The van der Waals surface area contributed by atoms with Crippen molar-refractivity contribution in [3.05, 3.63) is 70.6 Å². The van der Waals surface area contributed by atoms with E-state index in [1.807, 2.05) is 0 Å². The Morgan fingerprint density at radius 3 is 2.62 bits per heavy atom. The molecule has 0 saturated heterocycles. The van der Waals surface area contributed by atoms with Crippen LogP contribution in [0.15, 0.2) is 62.3 Å². The Bertz CT molecular complexity index is 1120. The van der Waals surface area contributed by atoms with Gasteiger partial charge in [-0.1, -0.05) is 17.3 Å². The lowest BCUT2D eigenvalue weighted by molar-refractivity contribution is 0.429. The number of aromatic nitrogens is 2. The molecule has 24 heavy (non-hydrogen) atoms. The minimum absolute atomic E-state index is 0.00170. The van der Waals surface area contributed by atoms with Crippen LogP contribution in [0.3, 0.4) is 0 Å². The van der Waals surface area contributed by atoms with Crippen molar-refractivity contribution < 1.29 is 17.7 Å². The van der Waals surface area contributed by atoms with Crippen molar-refractivity contribution in [2.75, 3.05) is 0 Å². The van der Waals surface area contributed by atoms with E-state index in [1.54, 1.807) is 6.07 Å². The molecule has 2 aromatic heterocycles. The molecule has 4 aromatic rings. The van der Waals surface area contributed by atoms with Gasteiger partial charge in [0.1, 0.15) is 22.8 Å². The van der Waals surface area contributed by atoms with Crippen LogP contribution >= 0.6 is 0 Å². The number of nitrogens with zero attached hydrogens (tertiary/aromatic N) is 2. The smallest absolute Gasteiger partial charge is 0.349 e. The Hall–Kier alpha value is -3.35. The Labute approximate surface area is 133 Å². The van der Waals surface area contributed by atoms with Crippen LogP contribution in [0.5, 0.6) is 0 Å². The van der Waals surface area contributed by atoms with Gasteiger partial charge >= 0.3 is 5.63 Å². The number of halogens is 2. The van der Waals surface area contributed by atoms with Gasteiger partial charge in [-0.2, -0.15) is 4.98 Å². The highest BCUT2D eigenvalue weighted by molar-refractivity contribution is 5.80. The second-order valence-electron chi connectivity index (χ2n) is 5.03. The molecule has 0 atom stereocenters. The van der Waals surface area contributed by atoms with Gasteiger partial charge in [-0.25, -0.2) is 13.6 Å². The van der Waals surface area contributed by atoms with E-state index in [2.05, 4.69) is 10.1 Å². The van der Waals surface area contributed by atoms with Crippen molar-refractivity contribution >= 4 is 11.0 Å². The Balaban J connectivity index is 1.85. The van der Waals surface area contributed by atoms with Gasteiger partial charge in [0.05, 0.1) is 5.56 Å². The summed E-state index contributed by atoms with van der Waals surface area (Å²) in [5.41, 5.74) is -0.358. The highest BCUT2D eigenvalue weighted by atomic mass is 19.1. The van der Waals surface area contributed by atoms with Crippen LogP contribution < -0.4 is 5.63 Å². The van der Waals surface area contributed by atoms with Gasteiger partial charge in [0, 0.05) is 5.39 Å². The number of fused-ring (bicyclic) bond motifs is 1. The first-order valence-electron chi connectivity index (χ1n) is 6.94. The molecule has 0 amide bonds. The molecule has 0 spiro atoms. The predicted molar refractivity (Wildman–Crippen MR) is 81.1 cm³/mol. The average molecular weight is 326 g/mol. The lowest BCUT2D eigenvalue weighted by Gasteiger charge is -1.98. The van der Waals surface area contributed by atoms with Crippen molar-refractivity contribution in [1.29, 1.82) is 0 Å². The summed E-state index contributed by atoms with van der Waals surface area (Å²) in [4.78, 5) is 16.1. The van der Waals surface area contributed by atoms with Crippen LogP contribution in [0.2, 0.25) is 0 Å². The molecule has 0 aliphatic rings. The number of benzene rings is 2. The van der Waals surface area contributed by atoms with E-state index in [-0.39, 0.29) is 28.4 Å². The minimum atomic E-state index is -0.710. The zero-order chi connectivity index (χ0) is 16.7. The molecule has 0 radical (unpaired) electrons. The van der Waals surface area contributed by atoms with Crippen molar-refractivity contribution in [3.8, 4) is 22.8 Å². The quantitative estimate of drug-likeness (QED) is 0.524. The summed E-state index contributed by atoms with van der Waals surface area (Å²) < 4.78 is 37.3. The number of hydrogen-bond acceptors (Lipinski definition) is 5. The van der Waals surface area contributed by atoms with E-state index in [0.29, 0.717) is 5.39 Å². The van der Waals surface area contributed by atoms with Crippen molar-refractivity contribution in [2.45, 2.75) is 0 Å². The first kappa shape index (κ1) is 14.3. The highest BCUT2D eigenvalue weighted by Crippen LogP contribution is 2.24. The molecular formula is C17H8F2N2O3. The first-order chi connectivity index (χ1) is 11.6. The van der Waals surface area contributed by atoms with Crippen molar-refractivity contribution in [2.24, 2.45) is 0 Å².